The van der Waals surface area contributed by atoms with Gasteiger partial charge in [0, 0.05) is 23.2 Å². The van der Waals surface area contributed by atoms with Gasteiger partial charge in [0.1, 0.15) is 0 Å². The Morgan fingerprint density at radius 3 is 2.43 bits per heavy atom. The summed E-state index contributed by atoms with van der Waals surface area (Å²) in [5.74, 6) is -0.535. The Morgan fingerprint density at radius 1 is 1.14 bits per heavy atom. The highest BCUT2D eigenvalue weighted by atomic mass is 35.5. The van der Waals surface area contributed by atoms with Gasteiger partial charge in [0.05, 0.1) is 0 Å². The molecule has 0 aliphatic heterocycles. The Morgan fingerprint density at radius 2 is 1.81 bits per heavy atom. The molecule has 0 aliphatic carbocycles. The predicted octanol–water partition coefficient (Wildman–Crippen LogP) is 4.67. The van der Waals surface area contributed by atoms with Crippen LogP contribution >= 0.6 is 11.6 Å². The molecule has 0 saturated heterocycles. The number of aromatic hydroxyl groups is 1. The summed E-state index contributed by atoms with van der Waals surface area (Å²) in [6, 6.07) is 12.3. The Bertz CT molecular complexity index is 598. The van der Waals surface area contributed by atoms with Crippen LogP contribution in [0.5, 0.6) is 5.75 Å². The number of phenols is 1. The topological polar surface area (TPSA) is 32.3 Å². The van der Waals surface area contributed by atoms with E-state index < -0.39 is 5.82 Å². The van der Waals surface area contributed by atoms with Crippen molar-refractivity contribution in [2.45, 2.75) is 26.4 Å². The van der Waals surface area contributed by atoms with Gasteiger partial charge >= 0.3 is 0 Å². The van der Waals surface area contributed by atoms with Gasteiger partial charge < -0.3 is 10.4 Å². The van der Waals surface area contributed by atoms with Gasteiger partial charge in [0.15, 0.2) is 11.6 Å². The van der Waals surface area contributed by atoms with Crippen molar-refractivity contribution in [2.75, 3.05) is 0 Å². The Hall–Kier alpha value is -1.58. The van der Waals surface area contributed by atoms with Crippen LogP contribution in [0.3, 0.4) is 0 Å². The average Bonchev–Trinajstić information content (AvgIpc) is 2.45. The van der Waals surface area contributed by atoms with Crippen molar-refractivity contribution in [1.29, 1.82) is 0 Å². The second-order valence-corrected chi connectivity index (χ2v) is 5.84. The maximum Gasteiger partial charge on any atom is 0.165 e. The van der Waals surface area contributed by atoms with Crippen LogP contribution in [0.15, 0.2) is 42.5 Å². The highest BCUT2D eigenvalue weighted by Crippen LogP contribution is 2.26. The monoisotopic (exact) mass is 307 g/mol. The van der Waals surface area contributed by atoms with E-state index in [1.54, 1.807) is 12.1 Å². The second kappa shape index (κ2) is 6.92. The first-order chi connectivity index (χ1) is 9.99. The molecule has 4 heteroatoms. The molecule has 2 nitrogen and oxygen atoms in total. The Labute approximate surface area is 129 Å². The maximum absolute atomic E-state index is 13.3. The van der Waals surface area contributed by atoms with E-state index in [-0.39, 0.29) is 11.8 Å². The summed E-state index contributed by atoms with van der Waals surface area (Å²) < 4.78 is 13.3. The molecular formula is C17H19ClFNO. The Kier molecular flexibility index (Phi) is 5.21. The van der Waals surface area contributed by atoms with E-state index in [0.717, 1.165) is 5.56 Å². The number of para-hydroxylation sites is 1. The van der Waals surface area contributed by atoms with Crippen molar-refractivity contribution in [3.05, 3.63) is 64.4 Å². The molecule has 0 heterocycles. The average molecular weight is 308 g/mol. The predicted molar refractivity (Wildman–Crippen MR) is 83.9 cm³/mol. The summed E-state index contributed by atoms with van der Waals surface area (Å²) in [5.41, 5.74) is 1.67. The number of nitrogens with one attached hydrogen (secondary N) is 1. The van der Waals surface area contributed by atoms with Crippen molar-refractivity contribution in [3.63, 3.8) is 0 Å². The van der Waals surface area contributed by atoms with Crippen LogP contribution in [0.2, 0.25) is 5.02 Å². The van der Waals surface area contributed by atoms with E-state index in [9.17, 15) is 9.50 Å². The number of phenolic OH excluding ortho intramolecular Hbond substituents is 1. The fraction of sp³-hybridized carbons (Fsp3) is 0.294. The third kappa shape index (κ3) is 3.96. The molecule has 1 atom stereocenters. The SMILES string of the molecule is CC(C)C(NCc1cccc(F)c1O)c1ccc(Cl)cc1. The summed E-state index contributed by atoms with van der Waals surface area (Å²) in [6.45, 7) is 4.62. The fourth-order valence-corrected chi connectivity index (χ4v) is 2.46. The molecule has 2 aromatic rings. The summed E-state index contributed by atoms with van der Waals surface area (Å²) in [7, 11) is 0. The van der Waals surface area contributed by atoms with Crippen LogP contribution in [-0.2, 0) is 6.54 Å². The normalized spacial score (nSPS) is 12.6. The minimum absolute atomic E-state index is 0.102. The molecular weight excluding hydrogens is 289 g/mol. The summed E-state index contributed by atoms with van der Waals surface area (Å²) in [6.07, 6.45) is 0. The molecule has 0 radical (unpaired) electrons. The first-order valence-electron chi connectivity index (χ1n) is 6.94. The Balaban J connectivity index is 2.14. The van der Waals surface area contributed by atoms with Crippen molar-refractivity contribution >= 4 is 11.6 Å². The number of rotatable bonds is 5. The summed E-state index contributed by atoms with van der Waals surface area (Å²) in [5, 5.41) is 13.8. The van der Waals surface area contributed by atoms with Gasteiger partial charge in [-0.3, -0.25) is 0 Å². The van der Waals surface area contributed by atoms with Crippen LogP contribution in [0, 0.1) is 11.7 Å². The van der Waals surface area contributed by atoms with E-state index in [1.807, 2.05) is 24.3 Å². The smallest absolute Gasteiger partial charge is 0.165 e. The molecule has 112 valence electrons. The molecule has 0 aliphatic rings. The zero-order chi connectivity index (χ0) is 15.4. The lowest BCUT2D eigenvalue weighted by Crippen LogP contribution is -2.25. The third-order valence-corrected chi connectivity index (χ3v) is 3.73. The van der Waals surface area contributed by atoms with Crippen LogP contribution in [0.4, 0.5) is 4.39 Å². The molecule has 2 rings (SSSR count). The van der Waals surface area contributed by atoms with Gasteiger partial charge in [0.25, 0.3) is 0 Å². The molecule has 2 N–H and O–H groups in total. The van der Waals surface area contributed by atoms with E-state index >= 15 is 0 Å². The lowest BCUT2D eigenvalue weighted by atomic mass is 9.96. The zero-order valence-electron chi connectivity index (χ0n) is 12.1. The van der Waals surface area contributed by atoms with Crippen LogP contribution in [0.25, 0.3) is 0 Å². The third-order valence-electron chi connectivity index (χ3n) is 3.48. The molecule has 0 bridgehead atoms. The van der Waals surface area contributed by atoms with Crippen LogP contribution < -0.4 is 5.32 Å². The summed E-state index contributed by atoms with van der Waals surface area (Å²) in [4.78, 5) is 0. The van der Waals surface area contributed by atoms with Gasteiger partial charge in [-0.1, -0.05) is 49.7 Å². The lowest BCUT2D eigenvalue weighted by molar-refractivity contribution is 0.393. The highest BCUT2D eigenvalue weighted by molar-refractivity contribution is 6.30. The quantitative estimate of drug-likeness (QED) is 0.841. The van der Waals surface area contributed by atoms with Crippen molar-refractivity contribution in [2.24, 2.45) is 5.92 Å². The highest BCUT2D eigenvalue weighted by Gasteiger charge is 2.16. The molecule has 0 saturated carbocycles. The maximum atomic E-state index is 13.3. The second-order valence-electron chi connectivity index (χ2n) is 5.40. The molecule has 1 unspecified atom stereocenters. The van der Waals surface area contributed by atoms with Gasteiger partial charge in [-0.25, -0.2) is 4.39 Å². The number of hydrogen-bond acceptors (Lipinski definition) is 2. The van der Waals surface area contributed by atoms with Gasteiger partial charge in [0.2, 0.25) is 0 Å². The van der Waals surface area contributed by atoms with E-state index in [2.05, 4.69) is 19.2 Å². The molecule has 0 spiro atoms. The van der Waals surface area contributed by atoms with Crippen molar-refractivity contribution < 1.29 is 9.50 Å². The number of benzene rings is 2. The van der Waals surface area contributed by atoms with E-state index in [1.165, 1.54) is 6.07 Å². The minimum Gasteiger partial charge on any atom is -0.505 e. The van der Waals surface area contributed by atoms with Crippen LogP contribution in [0.1, 0.15) is 31.0 Å². The largest absolute Gasteiger partial charge is 0.505 e. The minimum atomic E-state index is -0.595. The van der Waals surface area contributed by atoms with Gasteiger partial charge in [-0.05, 0) is 29.7 Å². The van der Waals surface area contributed by atoms with E-state index in [4.69, 9.17) is 11.6 Å². The first-order valence-corrected chi connectivity index (χ1v) is 7.32. The van der Waals surface area contributed by atoms with Gasteiger partial charge in [-0.2, -0.15) is 0 Å². The molecule has 21 heavy (non-hydrogen) atoms. The molecule has 0 fully saturated rings. The number of hydrogen-bond donors (Lipinski definition) is 2. The van der Waals surface area contributed by atoms with Crippen molar-refractivity contribution in [1.82, 2.24) is 5.32 Å². The number of halogens is 2. The first kappa shape index (κ1) is 15.8. The lowest BCUT2D eigenvalue weighted by Gasteiger charge is -2.23. The fourth-order valence-electron chi connectivity index (χ4n) is 2.33. The molecule has 0 amide bonds. The van der Waals surface area contributed by atoms with Crippen LogP contribution in [-0.4, -0.2) is 5.11 Å². The standard InChI is InChI=1S/C17H19ClFNO/c1-11(2)16(12-6-8-14(18)9-7-12)20-10-13-4-3-5-15(19)17(13)21/h3-9,11,16,20-21H,10H2,1-2H3. The van der Waals surface area contributed by atoms with Crippen molar-refractivity contribution in [3.8, 4) is 5.75 Å². The molecule has 0 aromatic heterocycles. The summed E-state index contributed by atoms with van der Waals surface area (Å²) >= 11 is 5.91. The van der Waals surface area contributed by atoms with Gasteiger partial charge in [-0.15, -0.1) is 0 Å². The zero-order valence-corrected chi connectivity index (χ0v) is 12.9. The van der Waals surface area contributed by atoms with E-state index in [0.29, 0.717) is 23.0 Å². The molecule has 2 aromatic carbocycles.